The fourth-order valence-corrected chi connectivity index (χ4v) is 0.974. The first-order chi connectivity index (χ1) is 6.72. The monoisotopic (exact) mass is 288 g/mol. The summed E-state index contributed by atoms with van der Waals surface area (Å²) in [5.74, 6) is 0.0190. The second kappa shape index (κ2) is 9.66. The van der Waals surface area contributed by atoms with Gasteiger partial charge in [0.2, 0.25) is 0 Å². The molecule has 7 heteroatoms. The Kier molecular flexibility index (Phi) is 10.8. The van der Waals surface area contributed by atoms with Crippen LogP contribution in [-0.2, 0) is 0 Å². The molecule has 0 aliphatic rings. The van der Waals surface area contributed by atoms with Crippen LogP contribution in [0.4, 0.5) is 4.39 Å². The molecule has 16 heavy (non-hydrogen) atoms. The minimum Gasteiger partial charge on any atom is -0.485 e. The molecule has 0 aliphatic carbocycles. The summed E-state index contributed by atoms with van der Waals surface area (Å²) in [4.78, 5) is 3.78. The molecule has 0 unspecified atom stereocenters. The smallest absolute Gasteiger partial charge is 0.139 e. The lowest BCUT2D eigenvalue weighted by atomic mass is 10.4. The lowest BCUT2D eigenvalue weighted by molar-refractivity contribution is 0.317. The summed E-state index contributed by atoms with van der Waals surface area (Å²) in [6.45, 7) is 0.00219. The SMILES string of the molecule is Cl.Cl.NCC=C(F)COc1cncc(Cl)c1. The van der Waals surface area contributed by atoms with E-state index in [9.17, 15) is 4.39 Å². The Morgan fingerprint density at radius 2 is 2.19 bits per heavy atom. The van der Waals surface area contributed by atoms with Gasteiger partial charge in [-0.1, -0.05) is 11.6 Å². The predicted molar refractivity (Wildman–Crippen MR) is 67.5 cm³/mol. The highest BCUT2D eigenvalue weighted by Crippen LogP contribution is 2.15. The quantitative estimate of drug-likeness (QED) is 0.927. The van der Waals surface area contributed by atoms with Crippen molar-refractivity contribution in [2.45, 2.75) is 0 Å². The predicted octanol–water partition coefficient (Wildman–Crippen LogP) is 2.77. The van der Waals surface area contributed by atoms with Gasteiger partial charge in [-0.2, -0.15) is 0 Å². The Hall–Kier alpha value is -0.550. The molecule has 1 rings (SSSR count). The Balaban J connectivity index is 0. The molecular formula is C9H12Cl3FN2O. The number of hydrogen-bond acceptors (Lipinski definition) is 3. The molecular weight excluding hydrogens is 277 g/mol. The second-order valence-corrected chi connectivity index (χ2v) is 2.95. The molecule has 2 N–H and O–H groups in total. The number of hydrogen-bond donors (Lipinski definition) is 1. The summed E-state index contributed by atoms with van der Waals surface area (Å²) in [5.41, 5.74) is 5.12. The van der Waals surface area contributed by atoms with Crippen molar-refractivity contribution >= 4 is 36.4 Å². The van der Waals surface area contributed by atoms with Crippen molar-refractivity contribution in [1.29, 1.82) is 0 Å². The summed E-state index contributed by atoms with van der Waals surface area (Å²) in [5, 5.41) is 0.450. The number of halogens is 4. The number of ether oxygens (including phenoxy) is 1. The van der Waals surface area contributed by atoms with Crippen molar-refractivity contribution in [2.24, 2.45) is 5.73 Å². The average molecular weight is 290 g/mol. The first-order valence-corrected chi connectivity index (χ1v) is 4.38. The third-order valence-corrected chi connectivity index (χ3v) is 1.60. The zero-order valence-corrected chi connectivity index (χ0v) is 10.6. The molecule has 1 aromatic rings. The van der Waals surface area contributed by atoms with Gasteiger partial charge >= 0.3 is 0 Å². The maximum atomic E-state index is 12.8. The van der Waals surface area contributed by atoms with Crippen molar-refractivity contribution in [3.63, 3.8) is 0 Å². The number of rotatable bonds is 4. The number of nitrogens with two attached hydrogens (primary N) is 1. The van der Waals surface area contributed by atoms with Gasteiger partial charge in [-0.25, -0.2) is 4.39 Å². The summed E-state index contributed by atoms with van der Waals surface area (Å²) >= 11 is 5.65. The highest BCUT2D eigenvalue weighted by atomic mass is 35.5. The van der Waals surface area contributed by atoms with Gasteiger partial charge in [-0.05, 0) is 6.08 Å². The van der Waals surface area contributed by atoms with E-state index in [2.05, 4.69) is 4.98 Å². The molecule has 1 heterocycles. The van der Waals surface area contributed by atoms with E-state index >= 15 is 0 Å². The van der Waals surface area contributed by atoms with Gasteiger partial charge in [-0.15, -0.1) is 24.8 Å². The van der Waals surface area contributed by atoms with Crippen LogP contribution in [0.25, 0.3) is 0 Å². The van der Waals surface area contributed by atoms with Crippen LogP contribution in [0.5, 0.6) is 5.75 Å². The van der Waals surface area contributed by atoms with Crippen LogP contribution in [-0.4, -0.2) is 18.1 Å². The van der Waals surface area contributed by atoms with Crippen LogP contribution in [0.3, 0.4) is 0 Å². The van der Waals surface area contributed by atoms with Crippen LogP contribution in [0.15, 0.2) is 30.4 Å². The molecule has 0 spiro atoms. The van der Waals surface area contributed by atoms with Gasteiger partial charge in [0.05, 0.1) is 11.2 Å². The molecule has 0 bridgehead atoms. The fraction of sp³-hybridized carbons (Fsp3) is 0.222. The van der Waals surface area contributed by atoms with Gasteiger partial charge in [0.25, 0.3) is 0 Å². The average Bonchev–Trinajstić information content (AvgIpc) is 2.15. The molecule has 0 saturated carbocycles. The van der Waals surface area contributed by atoms with Crippen molar-refractivity contribution in [2.75, 3.05) is 13.2 Å². The Morgan fingerprint density at radius 3 is 2.75 bits per heavy atom. The maximum absolute atomic E-state index is 12.8. The van der Waals surface area contributed by atoms with E-state index in [-0.39, 0.29) is 38.0 Å². The Morgan fingerprint density at radius 1 is 1.50 bits per heavy atom. The van der Waals surface area contributed by atoms with Gasteiger partial charge in [0.15, 0.2) is 0 Å². The van der Waals surface area contributed by atoms with Crippen LogP contribution >= 0.6 is 36.4 Å². The second-order valence-electron chi connectivity index (χ2n) is 2.51. The van der Waals surface area contributed by atoms with Crippen molar-refractivity contribution in [1.82, 2.24) is 4.98 Å². The normalized spacial score (nSPS) is 10.1. The first-order valence-electron chi connectivity index (χ1n) is 4.00. The zero-order valence-electron chi connectivity index (χ0n) is 8.23. The largest absolute Gasteiger partial charge is 0.485 e. The number of nitrogens with zero attached hydrogens (tertiary/aromatic N) is 1. The highest BCUT2D eigenvalue weighted by Gasteiger charge is 1.98. The van der Waals surface area contributed by atoms with E-state index in [4.69, 9.17) is 22.1 Å². The van der Waals surface area contributed by atoms with Crippen molar-refractivity contribution < 1.29 is 9.13 Å². The summed E-state index contributed by atoms with van der Waals surface area (Å²) < 4.78 is 17.8. The molecule has 1 aromatic heterocycles. The summed E-state index contributed by atoms with van der Waals surface area (Å²) in [6.07, 6.45) is 4.18. The van der Waals surface area contributed by atoms with Gasteiger partial charge in [0, 0.05) is 18.8 Å². The molecule has 0 aliphatic heterocycles. The third-order valence-electron chi connectivity index (χ3n) is 1.40. The lowest BCUT2D eigenvalue weighted by Crippen LogP contribution is -2.01. The van der Waals surface area contributed by atoms with Crippen molar-refractivity contribution in [3.8, 4) is 5.75 Å². The van der Waals surface area contributed by atoms with Crippen LogP contribution in [0.1, 0.15) is 0 Å². The molecule has 0 amide bonds. The third kappa shape index (κ3) is 6.85. The Bertz CT molecular complexity index is 336. The molecule has 92 valence electrons. The first kappa shape index (κ1) is 17.8. The van der Waals surface area contributed by atoms with Crippen LogP contribution in [0.2, 0.25) is 5.02 Å². The minimum absolute atomic E-state index is 0. The fourth-order valence-electron chi connectivity index (χ4n) is 0.810. The van der Waals surface area contributed by atoms with Crippen LogP contribution < -0.4 is 10.5 Å². The number of aromatic nitrogens is 1. The molecule has 3 nitrogen and oxygen atoms in total. The van der Waals surface area contributed by atoms with E-state index in [1.54, 1.807) is 6.07 Å². The lowest BCUT2D eigenvalue weighted by Gasteiger charge is -2.03. The molecule has 0 saturated heterocycles. The molecule has 0 atom stereocenters. The minimum atomic E-state index is -0.410. The standard InChI is InChI=1S/C9H10ClFN2O.2ClH/c10-7-3-9(5-13-4-7)14-6-8(11)1-2-12;;/h1,3-5H,2,6,12H2;2*1H. The Labute approximate surface area is 111 Å². The van der Waals surface area contributed by atoms with Gasteiger partial charge in [-0.3, -0.25) is 4.98 Å². The van der Waals surface area contributed by atoms with E-state index in [1.165, 1.54) is 18.5 Å². The van der Waals surface area contributed by atoms with E-state index in [0.717, 1.165) is 0 Å². The van der Waals surface area contributed by atoms with Gasteiger partial charge in [0.1, 0.15) is 18.2 Å². The van der Waals surface area contributed by atoms with Crippen LogP contribution in [0, 0.1) is 0 Å². The summed E-state index contributed by atoms with van der Waals surface area (Å²) in [6, 6.07) is 1.56. The van der Waals surface area contributed by atoms with E-state index in [1.807, 2.05) is 0 Å². The van der Waals surface area contributed by atoms with E-state index in [0.29, 0.717) is 10.8 Å². The molecule has 0 radical (unpaired) electrons. The zero-order chi connectivity index (χ0) is 10.4. The van der Waals surface area contributed by atoms with Gasteiger partial charge < -0.3 is 10.5 Å². The number of pyridine rings is 1. The summed E-state index contributed by atoms with van der Waals surface area (Å²) in [7, 11) is 0. The topological polar surface area (TPSA) is 48.1 Å². The molecule has 0 fully saturated rings. The highest BCUT2D eigenvalue weighted by molar-refractivity contribution is 6.30. The van der Waals surface area contributed by atoms with Crippen molar-refractivity contribution in [3.05, 3.63) is 35.4 Å². The maximum Gasteiger partial charge on any atom is 0.139 e. The van der Waals surface area contributed by atoms with E-state index < -0.39 is 5.83 Å². The molecule has 0 aromatic carbocycles.